The molecule has 0 aliphatic rings. The Kier molecular flexibility index (Phi) is 2.65. The summed E-state index contributed by atoms with van der Waals surface area (Å²) in [4.78, 5) is 0. The Morgan fingerprint density at radius 1 is 1.46 bits per heavy atom. The summed E-state index contributed by atoms with van der Waals surface area (Å²) in [6, 6.07) is 5.43. The number of ether oxygens (including phenoxy) is 1. The van der Waals surface area contributed by atoms with Crippen LogP contribution < -0.4 is 4.74 Å². The number of hydrogen-bond acceptors (Lipinski definition) is 3. The van der Waals surface area contributed by atoms with E-state index in [1.807, 2.05) is 0 Å². The van der Waals surface area contributed by atoms with E-state index in [2.05, 4.69) is 4.74 Å². The molecule has 0 saturated heterocycles. The lowest BCUT2D eigenvalue weighted by Crippen LogP contribution is -2.03. The summed E-state index contributed by atoms with van der Waals surface area (Å²) in [6.45, 7) is -3.06. The fourth-order valence-electron chi connectivity index (χ4n) is 0.826. The number of rotatable bonds is 2. The van der Waals surface area contributed by atoms with Gasteiger partial charge in [0.1, 0.15) is 6.07 Å². The summed E-state index contributed by atoms with van der Waals surface area (Å²) in [7, 11) is 0. The van der Waals surface area contributed by atoms with Gasteiger partial charge in [-0.05, 0) is 12.1 Å². The zero-order valence-corrected chi connectivity index (χ0v) is 6.37. The molecule has 0 amide bonds. The minimum Gasteiger partial charge on any atom is -0.504 e. The Morgan fingerprint density at radius 2 is 2.15 bits per heavy atom. The normalized spacial score (nSPS) is 9.69. The zero-order chi connectivity index (χ0) is 9.84. The number of phenols is 1. The van der Waals surface area contributed by atoms with Gasteiger partial charge in [0.05, 0.1) is 5.56 Å². The second-order valence-corrected chi connectivity index (χ2v) is 2.14. The number of halogens is 2. The lowest BCUT2D eigenvalue weighted by Gasteiger charge is -2.07. The first-order valence-corrected chi connectivity index (χ1v) is 3.32. The molecule has 68 valence electrons. The van der Waals surface area contributed by atoms with Crippen molar-refractivity contribution in [2.45, 2.75) is 6.61 Å². The largest absolute Gasteiger partial charge is 0.504 e. The van der Waals surface area contributed by atoms with Crippen molar-refractivity contribution in [2.75, 3.05) is 0 Å². The lowest BCUT2D eigenvalue weighted by atomic mass is 10.2. The Balaban J connectivity index is 3.10. The molecule has 0 radical (unpaired) electrons. The third kappa shape index (κ3) is 2.06. The van der Waals surface area contributed by atoms with Crippen LogP contribution in [-0.4, -0.2) is 11.7 Å². The summed E-state index contributed by atoms with van der Waals surface area (Å²) in [5, 5.41) is 17.5. The van der Waals surface area contributed by atoms with Crippen molar-refractivity contribution >= 4 is 0 Å². The van der Waals surface area contributed by atoms with E-state index in [4.69, 9.17) is 10.4 Å². The molecule has 1 N–H and O–H groups in total. The average molecular weight is 185 g/mol. The maximum Gasteiger partial charge on any atom is 0.387 e. The molecular weight excluding hydrogens is 180 g/mol. The molecule has 0 aliphatic heterocycles. The Bertz CT molecular complexity index is 346. The van der Waals surface area contributed by atoms with Crippen LogP contribution in [0, 0.1) is 11.3 Å². The second-order valence-electron chi connectivity index (χ2n) is 2.14. The van der Waals surface area contributed by atoms with E-state index >= 15 is 0 Å². The van der Waals surface area contributed by atoms with Gasteiger partial charge in [-0.3, -0.25) is 0 Å². The minimum absolute atomic E-state index is 0.125. The molecule has 1 rings (SSSR count). The van der Waals surface area contributed by atoms with Gasteiger partial charge >= 0.3 is 6.61 Å². The number of nitriles is 1. The van der Waals surface area contributed by atoms with Gasteiger partial charge in [-0.2, -0.15) is 14.0 Å². The third-order valence-corrected chi connectivity index (χ3v) is 1.32. The van der Waals surface area contributed by atoms with E-state index < -0.39 is 18.1 Å². The van der Waals surface area contributed by atoms with Crippen LogP contribution in [0.25, 0.3) is 0 Å². The van der Waals surface area contributed by atoms with Crippen LogP contribution in [0.3, 0.4) is 0 Å². The molecule has 0 fully saturated rings. The average Bonchev–Trinajstić information content (AvgIpc) is 2.08. The number of phenolic OH excluding ortho intramolecular Hbond substituents is 1. The predicted molar refractivity (Wildman–Crippen MR) is 39.5 cm³/mol. The van der Waals surface area contributed by atoms with E-state index in [0.717, 1.165) is 0 Å². The lowest BCUT2D eigenvalue weighted by molar-refractivity contribution is -0.0514. The van der Waals surface area contributed by atoms with Gasteiger partial charge in [0.25, 0.3) is 0 Å². The molecule has 1 aromatic carbocycles. The van der Waals surface area contributed by atoms with Crippen molar-refractivity contribution in [3.8, 4) is 17.6 Å². The molecule has 0 bridgehead atoms. The summed E-state index contributed by atoms with van der Waals surface area (Å²) in [5.74, 6) is -0.959. The van der Waals surface area contributed by atoms with Gasteiger partial charge in [-0.25, -0.2) is 0 Å². The van der Waals surface area contributed by atoms with Gasteiger partial charge in [0, 0.05) is 0 Å². The van der Waals surface area contributed by atoms with E-state index in [-0.39, 0.29) is 5.56 Å². The van der Waals surface area contributed by atoms with Crippen molar-refractivity contribution in [3.63, 3.8) is 0 Å². The number of alkyl halides is 2. The molecule has 0 aliphatic carbocycles. The second kappa shape index (κ2) is 3.72. The molecule has 0 saturated carbocycles. The molecule has 0 unspecified atom stereocenters. The van der Waals surface area contributed by atoms with Crippen LogP contribution in [0.1, 0.15) is 5.56 Å². The molecule has 13 heavy (non-hydrogen) atoms. The molecule has 1 aromatic rings. The first-order valence-electron chi connectivity index (χ1n) is 3.32. The van der Waals surface area contributed by atoms with Crippen molar-refractivity contribution in [1.29, 1.82) is 5.26 Å². The van der Waals surface area contributed by atoms with Gasteiger partial charge in [-0.1, -0.05) is 6.07 Å². The summed E-state index contributed by atoms with van der Waals surface area (Å²) < 4.78 is 27.5. The first-order chi connectivity index (χ1) is 6.15. The van der Waals surface area contributed by atoms with Crippen molar-refractivity contribution in [3.05, 3.63) is 23.8 Å². The molecule has 0 spiro atoms. The van der Waals surface area contributed by atoms with E-state index in [0.29, 0.717) is 0 Å². The quantitative estimate of drug-likeness (QED) is 0.765. The standard InChI is InChI=1S/C8H5F2NO2/c9-8(10)13-7-5(4-11)2-1-3-6(7)12/h1-3,8,12H. The SMILES string of the molecule is N#Cc1cccc(O)c1OC(F)F. The highest BCUT2D eigenvalue weighted by atomic mass is 19.3. The molecule has 0 atom stereocenters. The fraction of sp³-hybridized carbons (Fsp3) is 0.125. The predicted octanol–water partition coefficient (Wildman–Crippen LogP) is 1.87. The Morgan fingerprint density at radius 3 is 2.69 bits per heavy atom. The highest BCUT2D eigenvalue weighted by molar-refractivity contribution is 5.51. The van der Waals surface area contributed by atoms with Gasteiger partial charge in [-0.15, -0.1) is 0 Å². The molecule has 0 aromatic heterocycles. The topological polar surface area (TPSA) is 53.2 Å². The maximum atomic E-state index is 11.8. The van der Waals surface area contributed by atoms with Crippen LogP contribution in [0.4, 0.5) is 8.78 Å². The molecule has 0 heterocycles. The third-order valence-electron chi connectivity index (χ3n) is 1.32. The van der Waals surface area contributed by atoms with Crippen LogP contribution >= 0.6 is 0 Å². The van der Waals surface area contributed by atoms with E-state index in [1.54, 1.807) is 6.07 Å². The van der Waals surface area contributed by atoms with Crippen LogP contribution in [-0.2, 0) is 0 Å². The Hall–Kier alpha value is -1.83. The van der Waals surface area contributed by atoms with Crippen LogP contribution in [0.15, 0.2) is 18.2 Å². The summed E-state index contributed by atoms with van der Waals surface area (Å²) in [6.07, 6.45) is 0. The number of benzene rings is 1. The molecule has 3 nitrogen and oxygen atoms in total. The highest BCUT2D eigenvalue weighted by Gasteiger charge is 2.13. The van der Waals surface area contributed by atoms with Crippen LogP contribution in [0.5, 0.6) is 11.5 Å². The number of para-hydroxylation sites is 1. The Labute approximate surface area is 72.8 Å². The summed E-state index contributed by atoms with van der Waals surface area (Å²) in [5.41, 5.74) is -0.125. The number of nitrogens with zero attached hydrogens (tertiary/aromatic N) is 1. The first kappa shape index (κ1) is 9.26. The minimum atomic E-state index is -3.06. The molecular formula is C8H5F2NO2. The zero-order valence-electron chi connectivity index (χ0n) is 6.37. The van der Waals surface area contributed by atoms with Crippen molar-refractivity contribution in [2.24, 2.45) is 0 Å². The number of aromatic hydroxyl groups is 1. The van der Waals surface area contributed by atoms with E-state index in [1.165, 1.54) is 18.2 Å². The van der Waals surface area contributed by atoms with E-state index in [9.17, 15) is 8.78 Å². The molecule has 5 heteroatoms. The smallest absolute Gasteiger partial charge is 0.387 e. The monoisotopic (exact) mass is 185 g/mol. The number of hydrogen-bond donors (Lipinski definition) is 1. The summed E-state index contributed by atoms with van der Waals surface area (Å²) >= 11 is 0. The van der Waals surface area contributed by atoms with Gasteiger partial charge < -0.3 is 9.84 Å². The fourth-order valence-corrected chi connectivity index (χ4v) is 0.826. The van der Waals surface area contributed by atoms with Gasteiger partial charge in [0.2, 0.25) is 0 Å². The maximum absolute atomic E-state index is 11.8. The van der Waals surface area contributed by atoms with Crippen molar-refractivity contribution < 1.29 is 18.6 Å². The van der Waals surface area contributed by atoms with Crippen LogP contribution in [0.2, 0.25) is 0 Å². The highest BCUT2D eigenvalue weighted by Crippen LogP contribution is 2.30. The van der Waals surface area contributed by atoms with Gasteiger partial charge in [0.15, 0.2) is 11.5 Å². The van der Waals surface area contributed by atoms with Crippen molar-refractivity contribution in [1.82, 2.24) is 0 Å².